The van der Waals surface area contributed by atoms with Crippen molar-refractivity contribution in [2.24, 2.45) is 11.8 Å². The maximum atomic E-state index is 5.14. The van der Waals surface area contributed by atoms with Crippen LogP contribution in [0.3, 0.4) is 0 Å². The fourth-order valence-corrected chi connectivity index (χ4v) is 8.65. The molecule has 0 saturated heterocycles. The molecular weight excluding hydrogens is 671 g/mol. The van der Waals surface area contributed by atoms with Crippen molar-refractivity contribution in [3.63, 3.8) is 0 Å². The van der Waals surface area contributed by atoms with Gasteiger partial charge in [-0.3, -0.25) is 0 Å². The van der Waals surface area contributed by atoms with E-state index >= 15 is 0 Å². The first-order chi connectivity index (χ1) is 27.2. The van der Waals surface area contributed by atoms with Crippen molar-refractivity contribution >= 4 is 0 Å². The van der Waals surface area contributed by atoms with Crippen LogP contribution in [-0.4, -0.2) is 24.9 Å². The molecule has 2 fully saturated rings. The first-order valence-corrected chi connectivity index (χ1v) is 19.3. The highest BCUT2D eigenvalue weighted by atomic mass is 15.0. The lowest BCUT2D eigenvalue weighted by atomic mass is 9.83. The lowest BCUT2D eigenvalue weighted by Gasteiger charge is -2.22. The molecule has 6 aromatic carbocycles. The second kappa shape index (κ2) is 14.3. The van der Waals surface area contributed by atoms with E-state index in [2.05, 4.69) is 91.0 Å². The van der Waals surface area contributed by atoms with Crippen LogP contribution < -0.4 is 0 Å². The first-order valence-electron chi connectivity index (χ1n) is 19.3. The van der Waals surface area contributed by atoms with Crippen LogP contribution in [-0.2, 0) is 0 Å². The van der Waals surface area contributed by atoms with Gasteiger partial charge in [0.25, 0.3) is 0 Å². The quantitative estimate of drug-likeness (QED) is 0.157. The predicted octanol–water partition coefficient (Wildman–Crippen LogP) is 12.2. The minimum atomic E-state index is 0.630. The van der Waals surface area contributed by atoms with Crippen molar-refractivity contribution in [2.75, 3.05) is 0 Å². The smallest absolute Gasteiger partial charge is 0.164 e. The highest BCUT2D eigenvalue weighted by Gasteiger charge is 2.40. The molecule has 0 N–H and O–H groups in total. The average Bonchev–Trinajstić information content (AvgIpc) is 3.92. The van der Waals surface area contributed by atoms with E-state index in [0.29, 0.717) is 23.4 Å². The van der Waals surface area contributed by atoms with Crippen molar-refractivity contribution in [3.05, 3.63) is 175 Å². The molecule has 2 heterocycles. The number of aromatic nitrogens is 5. The number of fused-ring (bicyclic) bond motifs is 2. The maximum absolute atomic E-state index is 5.14. The number of hydrogen-bond donors (Lipinski definition) is 0. The van der Waals surface area contributed by atoms with E-state index in [0.717, 1.165) is 73.6 Å². The fourth-order valence-electron chi connectivity index (χ4n) is 8.65. The lowest BCUT2D eigenvalue weighted by Crippen LogP contribution is -2.08. The van der Waals surface area contributed by atoms with E-state index in [9.17, 15) is 0 Å². The van der Waals surface area contributed by atoms with Crippen LogP contribution >= 0.6 is 0 Å². The number of benzene rings is 6. The van der Waals surface area contributed by atoms with Crippen molar-refractivity contribution in [2.45, 2.75) is 31.6 Å². The van der Waals surface area contributed by atoms with Crippen LogP contribution in [0.2, 0.25) is 0 Å². The standard InChI is InChI=1S/C50H39N5/c1-4-12-36(13-5-1)47-51-45(35-26-24-34(25-27-35)44-29-33-22-23-41(44)28-33)32-46(52-47)42-20-10-18-39(30-42)40-19-11-21-43(31-40)50-54-48(37-14-6-2-7-15-37)53-49(55-50)38-16-8-3-9-17-38/h1-21,24-27,30-33,41,44H,22-23,28-29H2. The maximum Gasteiger partial charge on any atom is 0.164 e. The molecule has 0 spiro atoms. The van der Waals surface area contributed by atoms with Gasteiger partial charge in [-0.05, 0) is 71.9 Å². The van der Waals surface area contributed by atoms with E-state index in [-0.39, 0.29) is 0 Å². The molecule has 3 atom stereocenters. The Morgan fingerprint density at radius 3 is 1.31 bits per heavy atom. The third-order valence-corrected chi connectivity index (χ3v) is 11.4. The van der Waals surface area contributed by atoms with Gasteiger partial charge in [0.1, 0.15) is 0 Å². The molecule has 0 radical (unpaired) electrons. The topological polar surface area (TPSA) is 64.5 Å². The van der Waals surface area contributed by atoms with Gasteiger partial charge < -0.3 is 0 Å². The molecule has 0 amide bonds. The Kier molecular flexibility index (Phi) is 8.60. The Bertz CT molecular complexity index is 2550. The molecule has 2 bridgehead atoms. The Balaban J connectivity index is 1.02. The van der Waals surface area contributed by atoms with Crippen molar-refractivity contribution in [3.8, 4) is 79.2 Å². The molecule has 5 heteroatoms. The van der Waals surface area contributed by atoms with Gasteiger partial charge in [0, 0.05) is 33.4 Å². The van der Waals surface area contributed by atoms with Gasteiger partial charge in [0.2, 0.25) is 0 Å². The zero-order chi connectivity index (χ0) is 36.6. The molecule has 5 nitrogen and oxygen atoms in total. The summed E-state index contributed by atoms with van der Waals surface area (Å²) >= 11 is 0. The Hall–Kier alpha value is -6.59. The Morgan fingerprint density at radius 2 is 0.782 bits per heavy atom. The van der Waals surface area contributed by atoms with Gasteiger partial charge in [0.05, 0.1) is 11.4 Å². The van der Waals surface area contributed by atoms with E-state index in [1.165, 1.54) is 31.2 Å². The third kappa shape index (κ3) is 6.74. The normalized spacial score (nSPS) is 17.3. The number of nitrogens with zero attached hydrogens (tertiary/aromatic N) is 5. The molecule has 8 aromatic rings. The van der Waals surface area contributed by atoms with Crippen LogP contribution in [0, 0.1) is 11.8 Å². The predicted molar refractivity (Wildman–Crippen MR) is 222 cm³/mol. The summed E-state index contributed by atoms with van der Waals surface area (Å²) in [4.78, 5) is 25.1. The van der Waals surface area contributed by atoms with Gasteiger partial charge in [-0.1, -0.05) is 158 Å². The summed E-state index contributed by atoms with van der Waals surface area (Å²) in [6.07, 6.45) is 5.56. The molecule has 3 unspecified atom stereocenters. The van der Waals surface area contributed by atoms with Crippen LogP contribution in [0.25, 0.3) is 79.2 Å². The largest absolute Gasteiger partial charge is 0.228 e. The minimum Gasteiger partial charge on any atom is -0.228 e. The molecule has 2 aliphatic carbocycles. The first kappa shape index (κ1) is 33.0. The molecule has 0 aliphatic heterocycles. The van der Waals surface area contributed by atoms with Crippen molar-refractivity contribution in [1.82, 2.24) is 24.9 Å². The summed E-state index contributed by atoms with van der Waals surface area (Å²) in [6.45, 7) is 0. The summed E-state index contributed by atoms with van der Waals surface area (Å²) in [5.74, 6) is 5.12. The highest BCUT2D eigenvalue weighted by Crippen LogP contribution is 2.53. The van der Waals surface area contributed by atoms with Crippen molar-refractivity contribution < 1.29 is 0 Å². The van der Waals surface area contributed by atoms with E-state index in [4.69, 9.17) is 24.9 Å². The molecule has 2 saturated carbocycles. The molecular formula is C50H39N5. The summed E-state index contributed by atoms with van der Waals surface area (Å²) in [6, 6.07) is 58.8. The monoisotopic (exact) mass is 709 g/mol. The molecule has 55 heavy (non-hydrogen) atoms. The minimum absolute atomic E-state index is 0.630. The average molecular weight is 710 g/mol. The summed E-state index contributed by atoms with van der Waals surface area (Å²) < 4.78 is 0. The fraction of sp³-hybridized carbons (Fsp3) is 0.140. The second-order valence-electron chi connectivity index (χ2n) is 14.9. The third-order valence-electron chi connectivity index (χ3n) is 11.4. The van der Waals surface area contributed by atoms with E-state index in [1.54, 1.807) is 0 Å². The summed E-state index contributed by atoms with van der Waals surface area (Å²) in [5.41, 5.74) is 11.4. The van der Waals surface area contributed by atoms with E-state index < -0.39 is 0 Å². The number of rotatable bonds is 8. The molecule has 2 aliphatic rings. The van der Waals surface area contributed by atoms with Gasteiger partial charge in [0.15, 0.2) is 23.3 Å². The Morgan fingerprint density at radius 1 is 0.327 bits per heavy atom. The zero-order valence-corrected chi connectivity index (χ0v) is 30.5. The zero-order valence-electron chi connectivity index (χ0n) is 30.5. The van der Waals surface area contributed by atoms with Gasteiger partial charge in [-0.2, -0.15) is 0 Å². The van der Waals surface area contributed by atoms with Gasteiger partial charge in [-0.15, -0.1) is 0 Å². The molecule has 10 rings (SSSR count). The van der Waals surface area contributed by atoms with Crippen LogP contribution in [0.4, 0.5) is 0 Å². The van der Waals surface area contributed by atoms with Crippen LogP contribution in [0.5, 0.6) is 0 Å². The SMILES string of the molecule is c1ccc(-c2nc(-c3ccc(C4CC5CCC4C5)cc3)cc(-c3cccc(-c4cccc(-c5nc(-c6ccccc6)nc(-c6ccccc6)n5)c4)c3)n2)cc1. The summed E-state index contributed by atoms with van der Waals surface area (Å²) in [7, 11) is 0. The molecule has 2 aromatic heterocycles. The number of hydrogen-bond acceptors (Lipinski definition) is 5. The van der Waals surface area contributed by atoms with Crippen molar-refractivity contribution in [1.29, 1.82) is 0 Å². The van der Waals surface area contributed by atoms with E-state index in [1.807, 2.05) is 78.9 Å². The van der Waals surface area contributed by atoms with Crippen LogP contribution in [0.15, 0.2) is 170 Å². The van der Waals surface area contributed by atoms with Crippen LogP contribution in [0.1, 0.15) is 37.2 Å². The Labute approximate surface area is 321 Å². The highest BCUT2D eigenvalue weighted by molar-refractivity contribution is 5.78. The summed E-state index contributed by atoms with van der Waals surface area (Å²) in [5, 5.41) is 0. The second-order valence-corrected chi connectivity index (χ2v) is 14.9. The van der Waals surface area contributed by atoms with Gasteiger partial charge in [-0.25, -0.2) is 24.9 Å². The molecule has 264 valence electrons. The lowest BCUT2D eigenvalue weighted by molar-refractivity contribution is 0.420. The van der Waals surface area contributed by atoms with Gasteiger partial charge >= 0.3 is 0 Å².